The van der Waals surface area contributed by atoms with Crippen LogP contribution in [-0.4, -0.2) is 19.7 Å². The Balaban J connectivity index is 0.000000128. The summed E-state index contributed by atoms with van der Waals surface area (Å²) in [6.45, 7) is 3.50. The van der Waals surface area contributed by atoms with E-state index in [0.717, 1.165) is 23.3 Å². The summed E-state index contributed by atoms with van der Waals surface area (Å²) in [5, 5.41) is 3.47. The largest absolute Gasteiger partial charge is 0.490 e. The summed E-state index contributed by atoms with van der Waals surface area (Å²) in [5.41, 5.74) is 0. The fraction of sp³-hybridized carbons (Fsp3) is 0.571. The van der Waals surface area contributed by atoms with Gasteiger partial charge in [-0.1, -0.05) is 19.4 Å². The number of rotatable bonds is 2. The second-order valence-corrected chi connectivity index (χ2v) is 4.44. The van der Waals surface area contributed by atoms with E-state index in [1.165, 1.54) is 32.2 Å². The van der Waals surface area contributed by atoms with E-state index in [1.807, 2.05) is 18.2 Å². The molecule has 94 valence electrons. The molecule has 1 aromatic carbocycles. The minimum Gasteiger partial charge on any atom is -0.490 e. The summed E-state index contributed by atoms with van der Waals surface area (Å²) in [6.07, 6.45) is 5.53. The average molecular weight is 235 g/mol. The summed E-state index contributed by atoms with van der Waals surface area (Å²) in [4.78, 5) is 0. The zero-order valence-corrected chi connectivity index (χ0v) is 10.7. The van der Waals surface area contributed by atoms with Crippen LogP contribution >= 0.6 is 0 Å². The maximum Gasteiger partial charge on any atom is 0.204 e. The van der Waals surface area contributed by atoms with Crippen molar-refractivity contribution in [3.05, 3.63) is 18.2 Å². The summed E-state index contributed by atoms with van der Waals surface area (Å²) in [5.74, 6) is 2.56. The van der Waals surface area contributed by atoms with Crippen molar-refractivity contribution in [3.8, 4) is 17.2 Å². The van der Waals surface area contributed by atoms with E-state index in [2.05, 4.69) is 12.2 Å². The van der Waals surface area contributed by atoms with E-state index in [9.17, 15) is 0 Å². The van der Waals surface area contributed by atoms with Gasteiger partial charge in [0.1, 0.15) is 0 Å². The molecule has 1 unspecified atom stereocenters. The molecule has 0 aromatic heterocycles. The second kappa shape index (κ2) is 5.92. The molecule has 0 radical (unpaired) electrons. The second-order valence-electron chi connectivity index (χ2n) is 4.44. The fourth-order valence-electron chi connectivity index (χ4n) is 2.20. The quantitative estimate of drug-likeness (QED) is 0.866. The first-order chi connectivity index (χ1) is 8.35. The van der Waals surface area contributed by atoms with E-state index in [4.69, 9.17) is 9.47 Å². The highest BCUT2D eigenvalue weighted by Gasteiger charge is 2.21. The van der Waals surface area contributed by atoms with Crippen molar-refractivity contribution >= 4 is 0 Å². The Morgan fingerprint density at radius 3 is 2.47 bits per heavy atom. The lowest BCUT2D eigenvalue weighted by atomic mass is 10.0. The molecule has 0 amide bonds. The maximum atomic E-state index is 5.11. The van der Waals surface area contributed by atoms with E-state index in [-0.39, 0.29) is 0 Å². The van der Waals surface area contributed by atoms with Crippen molar-refractivity contribution in [1.29, 1.82) is 0 Å². The van der Waals surface area contributed by atoms with Gasteiger partial charge in [-0.15, -0.1) is 0 Å². The van der Waals surface area contributed by atoms with Gasteiger partial charge in [0.05, 0.1) is 7.11 Å². The van der Waals surface area contributed by atoms with Gasteiger partial charge in [0, 0.05) is 6.04 Å². The molecule has 1 N–H and O–H groups in total. The summed E-state index contributed by atoms with van der Waals surface area (Å²) in [7, 11) is 1.64. The summed E-state index contributed by atoms with van der Waals surface area (Å²) in [6, 6.07) is 6.54. The molecule has 3 aliphatic rings. The minimum absolute atomic E-state index is 0.837. The number of nitrogens with one attached hydrogen (secondary N) is 1. The van der Waals surface area contributed by atoms with Crippen LogP contribution in [0.3, 0.4) is 0 Å². The van der Waals surface area contributed by atoms with Crippen LogP contribution in [0, 0.1) is 0 Å². The highest BCUT2D eigenvalue weighted by Crippen LogP contribution is 2.48. The molecule has 4 rings (SSSR count). The highest BCUT2D eigenvalue weighted by molar-refractivity contribution is 5.60. The molecule has 3 aliphatic heterocycles. The van der Waals surface area contributed by atoms with Crippen molar-refractivity contribution in [3.63, 3.8) is 0 Å². The number of para-hydroxylation sites is 1. The Bertz CT molecular complexity index is 339. The number of ether oxygens (including phenoxy) is 2. The predicted octanol–water partition coefficient (Wildman–Crippen LogP) is 3.34. The molecule has 3 heteroatoms. The zero-order valence-electron chi connectivity index (χ0n) is 10.7. The normalized spacial score (nSPS) is 20.5. The SMILES string of the molecule is CCC1CCCCN1.COc1c2cccc1O2. The monoisotopic (exact) mass is 235 g/mol. The molecular weight excluding hydrogens is 214 g/mol. The van der Waals surface area contributed by atoms with Gasteiger partial charge in [0.2, 0.25) is 5.75 Å². The fourth-order valence-corrected chi connectivity index (χ4v) is 2.20. The van der Waals surface area contributed by atoms with Gasteiger partial charge in [0.25, 0.3) is 0 Å². The average Bonchev–Trinajstić information content (AvgIpc) is 2.42. The topological polar surface area (TPSA) is 30.5 Å². The lowest BCUT2D eigenvalue weighted by Crippen LogP contribution is -2.32. The van der Waals surface area contributed by atoms with Crippen LogP contribution in [0.1, 0.15) is 32.6 Å². The molecule has 1 aromatic rings. The van der Waals surface area contributed by atoms with Crippen LogP contribution < -0.4 is 14.8 Å². The van der Waals surface area contributed by atoms with E-state index < -0.39 is 0 Å². The predicted molar refractivity (Wildman–Crippen MR) is 69.0 cm³/mol. The van der Waals surface area contributed by atoms with Gasteiger partial charge < -0.3 is 14.8 Å². The Kier molecular flexibility index (Phi) is 4.26. The number of benzene rings is 1. The maximum absolute atomic E-state index is 5.11. The number of hydrogen-bond acceptors (Lipinski definition) is 3. The Morgan fingerprint density at radius 1 is 1.35 bits per heavy atom. The third kappa shape index (κ3) is 2.91. The first-order valence-electron chi connectivity index (χ1n) is 6.43. The first-order valence-corrected chi connectivity index (χ1v) is 6.43. The molecule has 3 heterocycles. The molecule has 1 fully saturated rings. The zero-order chi connectivity index (χ0) is 12.1. The Hall–Kier alpha value is -1.22. The lowest BCUT2D eigenvalue weighted by Gasteiger charge is -2.21. The van der Waals surface area contributed by atoms with Gasteiger partial charge in [-0.2, -0.15) is 0 Å². The van der Waals surface area contributed by atoms with E-state index >= 15 is 0 Å². The number of methoxy groups -OCH3 is 1. The molecule has 3 nitrogen and oxygen atoms in total. The number of piperidine rings is 1. The smallest absolute Gasteiger partial charge is 0.204 e. The van der Waals surface area contributed by atoms with Gasteiger partial charge in [-0.3, -0.25) is 0 Å². The van der Waals surface area contributed by atoms with Gasteiger partial charge in [0.15, 0.2) is 11.5 Å². The minimum atomic E-state index is 0.837. The van der Waals surface area contributed by atoms with Crippen molar-refractivity contribution in [1.82, 2.24) is 5.32 Å². The summed E-state index contributed by atoms with van der Waals surface area (Å²) >= 11 is 0. The van der Waals surface area contributed by atoms with Gasteiger partial charge in [-0.05, 0) is 37.9 Å². The standard InChI is InChI=1S/C7H15N.C7H6O2/c1-2-7-5-3-4-6-8-7;1-8-7-5-3-2-4-6(7)9-5/h7-8H,2-6H2,1H3;2-4H,1H3. The molecule has 2 bridgehead atoms. The van der Waals surface area contributed by atoms with Crippen molar-refractivity contribution in [2.45, 2.75) is 38.6 Å². The van der Waals surface area contributed by atoms with Crippen LogP contribution in [-0.2, 0) is 0 Å². The van der Waals surface area contributed by atoms with E-state index in [1.54, 1.807) is 7.11 Å². The molecule has 0 spiro atoms. The molecule has 0 aliphatic carbocycles. The lowest BCUT2D eigenvalue weighted by molar-refractivity contribution is 0.314. The third-order valence-corrected chi connectivity index (χ3v) is 3.27. The van der Waals surface area contributed by atoms with E-state index in [0.29, 0.717) is 0 Å². The molecule has 17 heavy (non-hydrogen) atoms. The van der Waals surface area contributed by atoms with Crippen LogP contribution in [0.25, 0.3) is 0 Å². The van der Waals surface area contributed by atoms with Gasteiger partial charge in [-0.25, -0.2) is 0 Å². The molecule has 1 atom stereocenters. The van der Waals surface area contributed by atoms with Crippen molar-refractivity contribution < 1.29 is 9.47 Å². The molecule has 0 saturated carbocycles. The number of hydrogen-bond donors (Lipinski definition) is 1. The molecule has 1 saturated heterocycles. The van der Waals surface area contributed by atoms with Crippen molar-refractivity contribution in [2.75, 3.05) is 13.7 Å². The first kappa shape index (κ1) is 12.2. The Morgan fingerprint density at radius 2 is 2.12 bits per heavy atom. The van der Waals surface area contributed by atoms with Crippen LogP contribution in [0.5, 0.6) is 17.2 Å². The number of fused-ring (bicyclic) bond motifs is 2. The molecular formula is C14H21NO2. The van der Waals surface area contributed by atoms with Crippen LogP contribution in [0.4, 0.5) is 0 Å². The highest BCUT2D eigenvalue weighted by atomic mass is 16.6. The summed E-state index contributed by atoms with van der Waals surface area (Å²) < 4.78 is 10.1. The Labute approximate surface area is 103 Å². The van der Waals surface area contributed by atoms with Crippen molar-refractivity contribution in [2.24, 2.45) is 0 Å². The van der Waals surface area contributed by atoms with Gasteiger partial charge >= 0.3 is 0 Å². The van der Waals surface area contributed by atoms with Crippen LogP contribution in [0.2, 0.25) is 0 Å². The van der Waals surface area contributed by atoms with Crippen LogP contribution in [0.15, 0.2) is 18.2 Å². The third-order valence-electron chi connectivity index (χ3n) is 3.27.